The maximum Gasteiger partial charge on any atom is 0.232 e. The highest BCUT2D eigenvalue weighted by Crippen LogP contribution is 2.29. The minimum atomic E-state index is -0.336. The Kier molecular flexibility index (Phi) is 5.70. The first kappa shape index (κ1) is 19.0. The third-order valence-corrected chi connectivity index (χ3v) is 5.65. The molecule has 0 saturated carbocycles. The molecule has 0 unspecified atom stereocenters. The van der Waals surface area contributed by atoms with Crippen molar-refractivity contribution < 1.29 is 4.79 Å². The highest BCUT2D eigenvalue weighted by Gasteiger charge is 2.25. The molecule has 0 radical (unpaired) electrons. The molecule has 0 amide bonds. The molecule has 140 valence electrons. The molecule has 0 atom stereocenters. The lowest BCUT2D eigenvalue weighted by atomic mass is 9.92. The number of Topliss-reactive ketones (excluding diaryl/α,β-unsaturated/α-hetero) is 1. The molecule has 1 saturated heterocycles. The van der Waals surface area contributed by atoms with E-state index in [0.717, 1.165) is 29.9 Å². The SMILES string of the molecule is Cc1ccc(-n2c(SCC(=O)C(C)(C)C)nnc2N2CCCCC2)cc1. The molecule has 1 aliphatic rings. The van der Waals surface area contributed by atoms with Crippen LogP contribution in [0.3, 0.4) is 0 Å². The normalized spacial score (nSPS) is 15.3. The first-order valence-corrected chi connectivity index (χ1v) is 10.3. The summed E-state index contributed by atoms with van der Waals surface area (Å²) in [6.45, 7) is 9.98. The van der Waals surface area contributed by atoms with Crippen molar-refractivity contribution in [3.8, 4) is 5.69 Å². The zero-order valence-electron chi connectivity index (χ0n) is 16.2. The van der Waals surface area contributed by atoms with Gasteiger partial charge in [0.25, 0.3) is 0 Å². The summed E-state index contributed by atoms with van der Waals surface area (Å²) in [6.07, 6.45) is 3.65. The number of benzene rings is 1. The van der Waals surface area contributed by atoms with Gasteiger partial charge in [-0.3, -0.25) is 9.36 Å². The van der Waals surface area contributed by atoms with E-state index in [9.17, 15) is 4.79 Å². The minimum absolute atomic E-state index is 0.223. The number of hydrogen-bond donors (Lipinski definition) is 0. The standard InChI is InChI=1S/C20H28N4OS/c1-15-8-10-16(11-9-15)24-18(23-12-6-5-7-13-23)21-22-19(24)26-14-17(25)20(2,3)4/h8-11H,5-7,12-14H2,1-4H3. The summed E-state index contributed by atoms with van der Waals surface area (Å²) in [5.74, 6) is 1.52. The number of carbonyl (C=O) groups excluding carboxylic acids is 1. The van der Waals surface area contributed by atoms with Crippen LogP contribution in [0.25, 0.3) is 5.69 Å². The van der Waals surface area contributed by atoms with Crippen molar-refractivity contribution in [2.24, 2.45) is 5.41 Å². The van der Waals surface area contributed by atoms with Crippen LogP contribution >= 0.6 is 11.8 Å². The van der Waals surface area contributed by atoms with Crippen molar-refractivity contribution in [1.29, 1.82) is 0 Å². The number of thioether (sulfide) groups is 1. The van der Waals surface area contributed by atoms with Crippen molar-refractivity contribution >= 4 is 23.5 Å². The van der Waals surface area contributed by atoms with Gasteiger partial charge < -0.3 is 4.90 Å². The Morgan fingerprint density at radius 1 is 1.08 bits per heavy atom. The van der Waals surface area contributed by atoms with Crippen molar-refractivity contribution in [3.05, 3.63) is 29.8 Å². The van der Waals surface area contributed by atoms with E-state index in [2.05, 4.69) is 50.9 Å². The van der Waals surface area contributed by atoms with E-state index >= 15 is 0 Å². The first-order chi connectivity index (χ1) is 12.4. The molecule has 6 heteroatoms. The molecule has 1 aliphatic heterocycles. The van der Waals surface area contributed by atoms with Crippen molar-refractivity contribution in [3.63, 3.8) is 0 Å². The molecular formula is C20H28N4OS. The summed E-state index contributed by atoms with van der Waals surface area (Å²) >= 11 is 1.48. The molecule has 0 N–H and O–H groups in total. The summed E-state index contributed by atoms with van der Waals surface area (Å²) in [5.41, 5.74) is 1.93. The Labute approximate surface area is 160 Å². The Balaban J connectivity index is 1.92. The highest BCUT2D eigenvalue weighted by atomic mass is 32.2. The summed E-state index contributed by atoms with van der Waals surface area (Å²) in [5, 5.41) is 9.70. The van der Waals surface area contributed by atoms with Crippen LogP contribution in [0.1, 0.15) is 45.6 Å². The molecular weight excluding hydrogens is 344 g/mol. The van der Waals surface area contributed by atoms with Crippen LogP contribution in [-0.4, -0.2) is 39.4 Å². The van der Waals surface area contributed by atoms with Gasteiger partial charge in [0.2, 0.25) is 5.95 Å². The molecule has 1 aromatic heterocycles. The van der Waals surface area contributed by atoms with E-state index in [1.165, 1.54) is 36.6 Å². The third-order valence-electron chi connectivity index (χ3n) is 4.72. The molecule has 0 bridgehead atoms. The van der Waals surface area contributed by atoms with Gasteiger partial charge in [0.05, 0.1) is 11.4 Å². The fourth-order valence-electron chi connectivity index (χ4n) is 2.92. The Morgan fingerprint density at radius 3 is 2.35 bits per heavy atom. The van der Waals surface area contributed by atoms with E-state index in [0.29, 0.717) is 5.75 Å². The second kappa shape index (κ2) is 7.82. The number of rotatable bonds is 5. The number of hydrogen-bond acceptors (Lipinski definition) is 5. The summed E-state index contributed by atoms with van der Waals surface area (Å²) < 4.78 is 2.10. The number of carbonyl (C=O) groups is 1. The minimum Gasteiger partial charge on any atom is -0.341 e. The molecule has 5 nitrogen and oxygen atoms in total. The number of aryl methyl sites for hydroxylation is 1. The fraction of sp³-hybridized carbons (Fsp3) is 0.550. The maximum absolute atomic E-state index is 12.4. The largest absolute Gasteiger partial charge is 0.341 e. The first-order valence-electron chi connectivity index (χ1n) is 9.30. The molecule has 0 aliphatic carbocycles. The van der Waals surface area contributed by atoms with E-state index in [1.807, 2.05) is 20.8 Å². The number of ketones is 1. The zero-order chi connectivity index (χ0) is 18.7. The van der Waals surface area contributed by atoms with Gasteiger partial charge in [-0.05, 0) is 38.3 Å². The van der Waals surface area contributed by atoms with Gasteiger partial charge in [0, 0.05) is 18.5 Å². The summed E-state index contributed by atoms with van der Waals surface area (Å²) in [4.78, 5) is 14.7. The van der Waals surface area contributed by atoms with Crippen LogP contribution in [0.15, 0.2) is 29.4 Å². The average Bonchev–Trinajstić information content (AvgIpc) is 3.04. The lowest BCUT2D eigenvalue weighted by Gasteiger charge is -2.27. The van der Waals surface area contributed by atoms with Gasteiger partial charge >= 0.3 is 0 Å². The Bertz CT molecular complexity index is 755. The fourth-order valence-corrected chi connectivity index (χ4v) is 4.03. The molecule has 3 rings (SSSR count). The lowest BCUT2D eigenvalue weighted by Crippen LogP contribution is -2.31. The van der Waals surface area contributed by atoms with Gasteiger partial charge in [-0.25, -0.2) is 0 Å². The van der Waals surface area contributed by atoms with Crippen molar-refractivity contribution in [2.75, 3.05) is 23.7 Å². The van der Waals surface area contributed by atoms with Crippen molar-refractivity contribution in [2.45, 2.75) is 52.1 Å². The second-order valence-corrected chi connectivity index (χ2v) is 8.91. The molecule has 1 aromatic carbocycles. The molecule has 1 fully saturated rings. The monoisotopic (exact) mass is 372 g/mol. The van der Waals surface area contributed by atoms with E-state index < -0.39 is 0 Å². The van der Waals surface area contributed by atoms with Crippen LogP contribution in [0.2, 0.25) is 0 Å². The van der Waals surface area contributed by atoms with Crippen LogP contribution in [0.5, 0.6) is 0 Å². The molecule has 0 spiro atoms. The van der Waals surface area contributed by atoms with Gasteiger partial charge in [-0.15, -0.1) is 10.2 Å². The smallest absolute Gasteiger partial charge is 0.232 e. The Hall–Kier alpha value is -1.82. The molecule has 2 heterocycles. The number of piperidine rings is 1. The summed E-state index contributed by atoms with van der Waals surface area (Å²) in [7, 11) is 0. The predicted molar refractivity (Wildman–Crippen MR) is 107 cm³/mol. The second-order valence-electron chi connectivity index (χ2n) is 7.96. The number of aromatic nitrogens is 3. The maximum atomic E-state index is 12.4. The highest BCUT2D eigenvalue weighted by molar-refractivity contribution is 7.99. The van der Waals surface area contributed by atoms with Crippen LogP contribution in [0, 0.1) is 12.3 Å². The Morgan fingerprint density at radius 2 is 1.73 bits per heavy atom. The van der Waals surface area contributed by atoms with Crippen LogP contribution in [0.4, 0.5) is 5.95 Å². The predicted octanol–water partition coefficient (Wildman–Crippen LogP) is 4.27. The van der Waals surface area contributed by atoms with E-state index in [4.69, 9.17) is 0 Å². The number of nitrogens with zero attached hydrogens (tertiary/aromatic N) is 4. The van der Waals surface area contributed by atoms with Gasteiger partial charge in [0.1, 0.15) is 5.78 Å². The third kappa shape index (κ3) is 4.29. The lowest BCUT2D eigenvalue weighted by molar-refractivity contribution is -0.123. The van der Waals surface area contributed by atoms with Crippen LogP contribution in [-0.2, 0) is 4.79 Å². The molecule has 2 aromatic rings. The van der Waals surface area contributed by atoms with Crippen LogP contribution < -0.4 is 4.90 Å². The van der Waals surface area contributed by atoms with Crippen molar-refractivity contribution in [1.82, 2.24) is 14.8 Å². The van der Waals surface area contributed by atoms with E-state index in [1.54, 1.807) is 0 Å². The molecule has 26 heavy (non-hydrogen) atoms. The average molecular weight is 373 g/mol. The topological polar surface area (TPSA) is 51.0 Å². The quantitative estimate of drug-likeness (QED) is 0.734. The van der Waals surface area contributed by atoms with Gasteiger partial charge in [0.15, 0.2) is 5.16 Å². The van der Waals surface area contributed by atoms with E-state index in [-0.39, 0.29) is 11.2 Å². The van der Waals surface area contributed by atoms with Gasteiger partial charge in [-0.1, -0.05) is 50.2 Å². The number of anilines is 1. The zero-order valence-corrected chi connectivity index (χ0v) is 17.0. The summed E-state index contributed by atoms with van der Waals surface area (Å²) in [6, 6.07) is 8.40. The van der Waals surface area contributed by atoms with Gasteiger partial charge in [-0.2, -0.15) is 0 Å².